The minimum atomic E-state index is -0.0977. The Labute approximate surface area is 138 Å². The van der Waals surface area contributed by atoms with Gasteiger partial charge in [-0.2, -0.15) is 5.10 Å². The van der Waals surface area contributed by atoms with Gasteiger partial charge in [-0.25, -0.2) is 0 Å². The van der Waals surface area contributed by atoms with Crippen LogP contribution in [0.4, 0.5) is 0 Å². The molecule has 0 bridgehead atoms. The Morgan fingerprint density at radius 3 is 2.91 bits per heavy atom. The molecule has 0 radical (unpaired) electrons. The van der Waals surface area contributed by atoms with Gasteiger partial charge in [0.1, 0.15) is 6.61 Å². The average Bonchev–Trinajstić information content (AvgIpc) is 2.84. The van der Waals surface area contributed by atoms with Crippen LogP contribution >= 0.6 is 0 Å². The molecule has 1 amide bonds. The number of aromatic nitrogens is 2. The maximum Gasteiger partial charge on any atom is 0.246 e. The molecule has 6 heteroatoms. The van der Waals surface area contributed by atoms with E-state index in [4.69, 9.17) is 4.74 Å². The molecule has 0 unspecified atom stereocenters. The third kappa shape index (κ3) is 4.32. The van der Waals surface area contributed by atoms with Gasteiger partial charge < -0.3 is 10.1 Å². The summed E-state index contributed by atoms with van der Waals surface area (Å²) in [6.45, 7) is 3.72. The van der Waals surface area contributed by atoms with E-state index in [0.29, 0.717) is 6.54 Å². The maximum absolute atomic E-state index is 11.5. The van der Waals surface area contributed by atoms with Crippen molar-refractivity contribution in [3.05, 3.63) is 17.5 Å². The van der Waals surface area contributed by atoms with E-state index in [1.807, 2.05) is 0 Å². The molecule has 1 saturated carbocycles. The van der Waals surface area contributed by atoms with E-state index < -0.39 is 0 Å². The van der Waals surface area contributed by atoms with Crippen molar-refractivity contribution >= 4 is 5.91 Å². The van der Waals surface area contributed by atoms with E-state index in [2.05, 4.69) is 26.1 Å². The van der Waals surface area contributed by atoms with Crippen LogP contribution in [0.15, 0.2) is 6.07 Å². The molecule has 23 heavy (non-hydrogen) atoms. The fraction of sp³-hybridized carbons (Fsp3) is 0.765. The molecule has 1 fully saturated rings. The normalized spacial score (nSPS) is 20.0. The second-order valence-corrected chi connectivity index (χ2v) is 6.68. The van der Waals surface area contributed by atoms with Gasteiger partial charge in [-0.05, 0) is 25.3 Å². The highest BCUT2D eigenvalue weighted by molar-refractivity contribution is 5.77. The summed E-state index contributed by atoms with van der Waals surface area (Å²) in [5.41, 5.74) is 2.22. The SMILES string of the molecule is COCC(=O)NCc1cc2n(n1)CCCN(C1CCCCC1)C2. The van der Waals surface area contributed by atoms with Crippen molar-refractivity contribution in [3.63, 3.8) is 0 Å². The summed E-state index contributed by atoms with van der Waals surface area (Å²) in [6.07, 6.45) is 7.98. The quantitative estimate of drug-likeness (QED) is 0.897. The minimum Gasteiger partial charge on any atom is -0.375 e. The summed E-state index contributed by atoms with van der Waals surface area (Å²) in [7, 11) is 1.53. The molecule has 0 atom stereocenters. The van der Waals surface area contributed by atoms with E-state index in [1.54, 1.807) is 0 Å². The summed E-state index contributed by atoms with van der Waals surface area (Å²) < 4.78 is 6.95. The monoisotopic (exact) mass is 320 g/mol. The number of rotatable bonds is 5. The van der Waals surface area contributed by atoms with Gasteiger partial charge >= 0.3 is 0 Å². The van der Waals surface area contributed by atoms with E-state index in [0.717, 1.165) is 31.2 Å². The molecule has 1 aromatic heterocycles. The Morgan fingerprint density at radius 1 is 1.30 bits per heavy atom. The fourth-order valence-corrected chi connectivity index (χ4v) is 3.76. The van der Waals surface area contributed by atoms with Crippen LogP contribution in [-0.4, -0.2) is 46.9 Å². The zero-order valence-electron chi connectivity index (χ0n) is 14.1. The zero-order chi connectivity index (χ0) is 16.1. The molecular weight excluding hydrogens is 292 g/mol. The van der Waals surface area contributed by atoms with Crippen LogP contribution in [0, 0.1) is 0 Å². The molecule has 1 aliphatic carbocycles. The summed E-state index contributed by atoms with van der Waals surface area (Å²) in [5, 5.41) is 7.50. The van der Waals surface area contributed by atoms with Crippen molar-refractivity contribution < 1.29 is 9.53 Å². The number of nitrogens with one attached hydrogen (secondary N) is 1. The molecule has 0 saturated heterocycles. The highest BCUT2D eigenvalue weighted by atomic mass is 16.5. The first-order chi connectivity index (χ1) is 11.3. The highest BCUT2D eigenvalue weighted by Gasteiger charge is 2.24. The van der Waals surface area contributed by atoms with E-state index in [-0.39, 0.29) is 12.5 Å². The summed E-state index contributed by atoms with van der Waals surface area (Å²) >= 11 is 0. The van der Waals surface area contributed by atoms with Gasteiger partial charge in [0.25, 0.3) is 0 Å². The van der Waals surface area contributed by atoms with Crippen molar-refractivity contribution in [1.29, 1.82) is 0 Å². The largest absolute Gasteiger partial charge is 0.375 e. The van der Waals surface area contributed by atoms with Crippen LogP contribution in [0.25, 0.3) is 0 Å². The first kappa shape index (κ1) is 16.5. The third-order valence-electron chi connectivity index (χ3n) is 4.93. The molecule has 1 aromatic rings. The van der Waals surface area contributed by atoms with Crippen LogP contribution in [0.1, 0.15) is 49.9 Å². The minimum absolute atomic E-state index is 0.0977. The standard InChI is InChI=1S/C17H28N4O2/c1-23-13-17(22)18-11-14-10-16-12-20(8-5-9-21(16)19-14)15-6-3-2-4-7-15/h10,15H,2-9,11-13H2,1H3,(H,18,22). The molecule has 3 rings (SSSR count). The number of carbonyl (C=O) groups excluding carboxylic acids is 1. The second kappa shape index (κ2) is 7.93. The van der Waals surface area contributed by atoms with Crippen LogP contribution in [0.5, 0.6) is 0 Å². The molecule has 2 aliphatic rings. The first-order valence-electron chi connectivity index (χ1n) is 8.81. The lowest BCUT2D eigenvalue weighted by atomic mass is 9.94. The number of fused-ring (bicyclic) bond motifs is 1. The van der Waals surface area contributed by atoms with Crippen LogP contribution in [0.2, 0.25) is 0 Å². The Morgan fingerprint density at radius 2 is 2.13 bits per heavy atom. The molecule has 0 aromatic carbocycles. The van der Waals surface area contributed by atoms with Crippen molar-refractivity contribution in [2.75, 3.05) is 20.3 Å². The predicted octanol–water partition coefficient (Wildman–Crippen LogP) is 1.68. The van der Waals surface area contributed by atoms with Gasteiger partial charge in [0, 0.05) is 32.8 Å². The van der Waals surface area contributed by atoms with Crippen molar-refractivity contribution in [3.8, 4) is 0 Å². The fourth-order valence-electron chi connectivity index (χ4n) is 3.76. The van der Waals surface area contributed by atoms with Crippen molar-refractivity contribution in [2.24, 2.45) is 0 Å². The van der Waals surface area contributed by atoms with E-state index in [9.17, 15) is 4.79 Å². The van der Waals surface area contributed by atoms with Crippen molar-refractivity contribution in [1.82, 2.24) is 20.0 Å². The highest BCUT2D eigenvalue weighted by Crippen LogP contribution is 2.25. The van der Waals surface area contributed by atoms with Gasteiger partial charge in [-0.1, -0.05) is 19.3 Å². The smallest absolute Gasteiger partial charge is 0.246 e. The maximum atomic E-state index is 11.5. The number of amides is 1. The second-order valence-electron chi connectivity index (χ2n) is 6.68. The zero-order valence-corrected chi connectivity index (χ0v) is 14.1. The number of carbonyl (C=O) groups is 1. The Bertz CT molecular complexity index is 523. The lowest BCUT2D eigenvalue weighted by Crippen LogP contribution is -2.36. The summed E-state index contributed by atoms with van der Waals surface area (Å²) in [6, 6.07) is 2.89. The van der Waals surface area contributed by atoms with Gasteiger partial charge in [-0.15, -0.1) is 0 Å². The molecule has 2 heterocycles. The summed E-state index contributed by atoms with van der Waals surface area (Å²) in [4.78, 5) is 14.1. The van der Waals surface area contributed by atoms with Gasteiger partial charge in [0.15, 0.2) is 0 Å². The Balaban J connectivity index is 1.61. The van der Waals surface area contributed by atoms with Crippen LogP contribution in [0.3, 0.4) is 0 Å². The average molecular weight is 320 g/mol. The van der Waals surface area contributed by atoms with Crippen LogP contribution < -0.4 is 5.32 Å². The first-order valence-corrected chi connectivity index (χ1v) is 8.81. The van der Waals surface area contributed by atoms with Crippen molar-refractivity contribution in [2.45, 2.75) is 64.2 Å². The Kier molecular flexibility index (Phi) is 5.67. The molecule has 0 spiro atoms. The number of aryl methyl sites for hydroxylation is 1. The van der Waals surface area contributed by atoms with E-state index >= 15 is 0 Å². The lowest BCUT2D eigenvalue weighted by Gasteiger charge is -2.33. The van der Waals surface area contributed by atoms with Gasteiger partial charge in [-0.3, -0.25) is 14.4 Å². The third-order valence-corrected chi connectivity index (χ3v) is 4.93. The number of methoxy groups -OCH3 is 1. The van der Waals surface area contributed by atoms with Gasteiger partial charge in [0.2, 0.25) is 5.91 Å². The van der Waals surface area contributed by atoms with E-state index in [1.165, 1.54) is 51.5 Å². The number of ether oxygens (including phenoxy) is 1. The molecular formula is C17H28N4O2. The lowest BCUT2D eigenvalue weighted by molar-refractivity contribution is -0.124. The molecule has 6 nitrogen and oxygen atoms in total. The molecule has 128 valence electrons. The molecule has 1 aliphatic heterocycles. The predicted molar refractivity (Wildman–Crippen MR) is 87.8 cm³/mol. The number of nitrogens with zero attached hydrogens (tertiary/aromatic N) is 3. The summed E-state index contributed by atoms with van der Waals surface area (Å²) in [5.74, 6) is -0.0977. The van der Waals surface area contributed by atoms with Crippen LogP contribution in [-0.2, 0) is 29.2 Å². The topological polar surface area (TPSA) is 59.4 Å². The Hall–Kier alpha value is -1.40. The van der Waals surface area contributed by atoms with Gasteiger partial charge in [0.05, 0.1) is 17.9 Å². The number of hydrogen-bond donors (Lipinski definition) is 1. The molecule has 1 N–H and O–H groups in total. The number of hydrogen-bond acceptors (Lipinski definition) is 4.